The third-order valence-corrected chi connectivity index (χ3v) is 3.64. The van der Waals surface area contributed by atoms with E-state index >= 15 is 0 Å². The molecule has 0 radical (unpaired) electrons. The lowest BCUT2D eigenvalue weighted by atomic mass is 10.0. The molecule has 0 fully saturated rings. The quantitative estimate of drug-likeness (QED) is 0.453. The molecule has 0 aliphatic carbocycles. The monoisotopic (exact) mass is 257 g/mol. The Bertz CT molecular complexity index is 150. The van der Waals surface area contributed by atoms with Gasteiger partial charge in [0.05, 0.1) is 6.10 Å². The van der Waals surface area contributed by atoms with E-state index in [-0.39, 0.29) is 6.10 Å². The summed E-state index contributed by atoms with van der Waals surface area (Å²) in [6.45, 7) is 2.88. The number of aliphatic hydroxyl groups excluding tert-OH is 1. The van der Waals surface area contributed by atoms with E-state index in [0.717, 1.165) is 19.3 Å². The maximum absolute atomic E-state index is 9.51. The Morgan fingerprint density at radius 3 is 1.61 bits per heavy atom. The van der Waals surface area contributed by atoms with Crippen molar-refractivity contribution >= 4 is 0 Å². The smallest absolute Gasteiger partial charge is 0.0552 e. The van der Waals surface area contributed by atoms with Crippen LogP contribution in [0.15, 0.2) is 0 Å². The van der Waals surface area contributed by atoms with Gasteiger partial charge in [0.25, 0.3) is 0 Å². The molecule has 1 unspecified atom stereocenters. The Morgan fingerprint density at radius 1 is 0.722 bits per heavy atom. The van der Waals surface area contributed by atoms with Crippen molar-refractivity contribution in [2.45, 2.75) is 96.5 Å². The topological polar surface area (TPSA) is 46.2 Å². The molecule has 0 aromatic rings. The number of hydrogen-bond acceptors (Lipinski definition) is 2. The maximum Gasteiger partial charge on any atom is 0.0552 e. The van der Waals surface area contributed by atoms with Crippen LogP contribution in [0.4, 0.5) is 0 Å². The van der Waals surface area contributed by atoms with Crippen LogP contribution >= 0.6 is 0 Å². The lowest BCUT2D eigenvalue weighted by molar-refractivity contribution is 0.153. The maximum atomic E-state index is 9.51. The lowest BCUT2D eigenvalue weighted by Gasteiger charge is -2.08. The Balaban J connectivity index is 2.98. The van der Waals surface area contributed by atoms with Gasteiger partial charge in [0.2, 0.25) is 0 Å². The van der Waals surface area contributed by atoms with Gasteiger partial charge in [0.15, 0.2) is 0 Å². The molecule has 0 aromatic heterocycles. The molecule has 18 heavy (non-hydrogen) atoms. The van der Waals surface area contributed by atoms with Gasteiger partial charge in [-0.3, -0.25) is 0 Å². The van der Waals surface area contributed by atoms with Crippen molar-refractivity contribution in [1.82, 2.24) is 0 Å². The predicted molar refractivity (Wildman–Crippen MR) is 80.8 cm³/mol. The summed E-state index contributed by atoms with van der Waals surface area (Å²) in [5, 5.41) is 9.51. The molecule has 0 bridgehead atoms. The van der Waals surface area contributed by atoms with Crippen molar-refractivity contribution in [2.24, 2.45) is 5.73 Å². The van der Waals surface area contributed by atoms with E-state index in [1.807, 2.05) is 0 Å². The van der Waals surface area contributed by atoms with Gasteiger partial charge in [-0.15, -0.1) is 0 Å². The van der Waals surface area contributed by atoms with Crippen LogP contribution in [0.1, 0.15) is 90.4 Å². The van der Waals surface area contributed by atoms with E-state index in [9.17, 15) is 5.11 Å². The zero-order valence-electron chi connectivity index (χ0n) is 12.5. The minimum absolute atomic E-state index is 0.159. The zero-order valence-corrected chi connectivity index (χ0v) is 12.5. The summed E-state index contributed by atoms with van der Waals surface area (Å²) in [6, 6.07) is 0. The summed E-state index contributed by atoms with van der Waals surface area (Å²) in [7, 11) is 0. The van der Waals surface area contributed by atoms with Crippen molar-refractivity contribution in [3.63, 3.8) is 0 Å². The molecular formula is C16H35NO. The van der Waals surface area contributed by atoms with Crippen molar-refractivity contribution in [3.05, 3.63) is 0 Å². The normalized spacial score (nSPS) is 12.8. The molecule has 2 heteroatoms. The molecule has 0 aliphatic heterocycles. The van der Waals surface area contributed by atoms with Gasteiger partial charge >= 0.3 is 0 Å². The summed E-state index contributed by atoms with van der Waals surface area (Å²) >= 11 is 0. The van der Waals surface area contributed by atoms with Crippen LogP contribution in [0.3, 0.4) is 0 Å². The van der Waals surface area contributed by atoms with Crippen LogP contribution in [0.25, 0.3) is 0 Å². The van der Waals surface area contributed by atoms with E-state index in [4.69, 9.17) is 5.73 Å². The third kappa shape index (κ3) is 14.0. The average Bonchev–Trinajstić information content (AvgIpc) is 2.36. The van der Waals surface area contributed by atoms with Crippen molar-refractivity contribution in [2.75, 3.05) is 6.54 Å². The molecular weight excluding hydrogens is 222 g/mol. The summed E-state index contributed by atoms with van der Waals surface area (Å²) < 4.78 is 0. The first-order valence-corrected chi connectivity index (χ1v) is 8.19. The van der Waals surface area contributed by atoms with Gasteiger partial charge in [0.1, 0.15) is 0 Å². The minimum atomic E-state index is -0.159. The second-order valence-corrected chi connectivity index (χ2v) is 5.56. The fourth-order valence-electron chi connectivity index (χ4n) is 2.38. The molecule has 0 saturated carbocycles. The van der Waals surface area contributed by atoms with Gasteiger partial charge < -0.3 is 10.8 Å². The lowest BCUT2D eigenvalue weighted by Crippen LogP contribution is -2.12. The van der Waals surface area contributed by atoms with E-state index < -0.39 is 0 Å². The highest BCUT2D eigenvalue weighted by Gasteiger charge is 2.01. The molecule has 0 rings (SSSR count). The van der Waals surface area contributed by atoms with Crippen LogP contribution in [0.5, 0.6) is 0 Å². The van der Waals surface area contributed by atoms with Gasteiger partial charge in [0, 0.05) is 0 Å². The van der Waals surface area contributed by atoms with E-state index in [1.165, 1.54) is 64.2 Å². The molecule has 0 amide bonds. The van der Waals surface area contributed by atoms with Crippen LogP contribution in [0.2, 0.25) is 0 Å². The third-order valence-electron chi connectivity index (χ3n) is 3.64. The molecule has 3 N–H and O–H groups in total. The molecule has 0 heterocycles. The van der Waals surface area contributed by atoms with Gasteiger partial charge in [-0.2, -0.15) is 0 Å². The Hall–Kier alpha value is -0.0800. The van der Waals surface area contributed by atoms with Crippen molar-refractivity contribution in [1.29, 1.82) is 0 Å². The first-order chi connectivity index (χ1) is 8.81. The molecule has 0 aromatic carbocycles. The van der Waals surface area contributed by atoms with Gasteiger partial charge in [-0.05, 0) is 19.4 Å². The molecule has 0 aliphatic rings. The Labute approximate surface area is 114 Å². The first kappa shape index (κ1) is 17.9. The van der Waals surface area contributed by atoms with E-state index in [0.29, 0.717) is 6.54 Å². The highest BCUT2D eigenvalue weighted by molar-refractivity contribution is 4.56. The standard InChI is InChI=1S/C16H35NO/c1-2-3-4-5-6-7-8-9-10-11-12-13-16(18)14-15-17/h16,18H,2-15,17H2,1H3. The fraction of sp³-hybridized carbons (Fsp3) is 1.00. The molecule has 2 nitrogen and oxygen atoms in total. The van der Waals surface area contributed by atoms with Gasteiger partial charge in [-0.1, -0.05) is 77.6 Å². The average molecular weight is 257 g/mol. The van der Waals surface area contributed by atoms with Crippen molar-refractivity contribution < 1.29 is 5.11 Å². The molecule has 0 spiro atoms. The predicted octanol–water partition coefficient (Wildman–Crippen LogP) is 4.40. The second-order valence-electron chi connectivity index (χ2n) is 5.56. The summed E-state index contributed by atoms with van der Waals surface area (Å²) in [6.07, 6.45) is 16.5. The number of hydrogen-bond donors (Lipinski definition) is 2. The minimum Gasteiger partial charge on any atom is -0.393 e. The van der Waals surface area contributed by atoms with Crippen LogP contribution < -0.4 is 5.73 Å². The van der Waals surface area contributed by atoms with Crippen LogP contribution in [-0.2, 0) is 0 Å². The molecule has 1 atom stereocenters. The van der Waals surface area contributed by atoms with E-state index in [1.54, 1.807) is 0 Å². The van der Waals surface area contributed by atoms with Crippen LogP contribution in [0, 0.1) is 0 Å². The summed E-state index contributed by atoms with van der Waals surface area (Å²) in [5.74, 6) is 0. The molecule has 0 saturated heterocycles. The largest absolute Gasteiger partial charge is 0.393 e. The number of aliphatic hydroxyl groups is 1. The first-order valence-electron chi connectivity index (χ1n) is 8.19. The SMILES string of the molecule is CCCCCCCCCCCCCC(O)CCN. The summed E-state index contributed by atoms with van der Waals surface area (Å²) in [5.41, 5.74) is 5.40. The van der Waals surface area contributed by atoms with Crippen LogP contribution in [-0.4, -0.2) is 17.8 Å². The Kier molecular flexibility index (Phi) is 14.9. The number of rotatable bonds is 14. The second kappa shape index (κ2) is 15.0. The Morgan fingerprint density at radius 2 is 1.17 bits per heavy atom. The fourth-order valence-corrected chi connectivity index (χ4v) is 2.38. The highest BCUT2D eigenvalue weighted by Crippen LogP contribution is 2.12. The highest BCUT2D eigenvalue weighted by atomic mass is 16.3. The molecule has 110 valence electrons. The zero-order chi connectivity index (χ0) is 13.5. The summed E-state index contributed by atoms with van der Waals surface area (Å²) in [4.78, 5) is 0. The number of nitrogens with two attached hydrogens (primary N) is 1. The number of unbranched alkanes of at least 4 members (excludes halogenated alkanes) is 10. The van der Waals surface area contributed by atoms with Gasteiger partial charge in [-0.25, -0.2) is 0 Å². The van der Waals surface area contributed by atoms with E-state index in [2.05, 4.69) is 6.92 Å². The van der Waals surface area contributed by atoms with Crippen molar-refractivity contribution in [3.8, 4) is 0 Å².